The topological polar surface area (TPSA) is 157 Å². The number of carbonyl (C=O) groups is 1. The van der Waals surface area contributed by atoms with Crippen molar-refractivity contribution in [3.8, 4) is 0 Å². The molecule has 0 saturated carbocycles. The number of aromatic nitrogens is 4. The number of fused-ring (bicyclic) bond motifs is 1. The zero-order chi connectivity index (χ0) is 19.0. The number of hydrogen-bond acceptors (Lipinski definition) is 8. The molecule has 3 rings (SSSR count). The van der Waals surface area contributed by atoms with E-state index in [1.165, 1.54) is 18.0 Å². The van der Waals surface area contributed by atoms with Gasteiger partial charge in [-0.15, -0.1) is 0 Å². The number of aliphatic hydroxyl groups excluding tert-OH is 1. The Morgan fingerprint density at radius 2 is 2.31 bits per heavy atom. The van der Waals surface area contributed by atoms with Crippen LogP contribution in [0.3, 0.4) is 0 Å². The van der Waals surface area contributed by atoms with E-state index in [1.807, 2.05) is 0 Å². The Balaban J connectivity index is 2.01. The highest BCUT2D eigenvalue weighted by atomic mass is 16.6. The predicted octanol–water partition coefficient (Wildman–Crippen LogP) is -1.05. The second-order valence-electron chi connectivity index (χ2n) is 6.41. The molecule has 1 aliphatic rings. The average molecular weight is 366 g/mol. The van der Waals surface area contributed by atoms with Crippen molar-refractivity contribution in [3.05, 3.63) is 16.7 Å². The molecule has 1 amide bonds. The highest BCUT2D eigenvalue weighted by Gasteiger charge is 2.44. The summed E-state index contributed by atoms with van der Waals surface area (Å²) >= 11 is 0. The van der Waals surface area contributed by atoms with Crippen molar-refractivity contribution in [2.75, 3.05) is 19.0 Å². The second-order valence-corrected chi connectivity index (χ2v) is 6.41. The lowest BCUT2D eigenvalue weighted by molar-refractivity contribution is -0.118. The number of nitrogens with two attached hydrogens (primary N) is 1. The summed E-state index contributed by atoms with van der Waals surface area (Å²) in [5, 5.41) is 12.0. The third-order valence-electron chi connectivity index (χ3n) is 4.31. The monoisotopic (exact) mass is 366 g/mol. The van der Waals surface area contributed by atoms with Crippen LogP contribution in [0.2, 0.25) is 0 Å². The highest BCUT2D eigenvalue weighted by Crippen LogP contribution is 2.31. The van der Waals surface area contributed by atoms with Crippen molar-refractivity contribution >= 4 is 23.0 Å². The van der Waals surface area contributed by atoms with Gasteiger partial charge in [-0.3, -0.25) is 24.5 Å². The molecule has 3 heterocycles. The summed E-state index contributed by atoms with van der Waals surface area (Å²) in [5.74, 6) is -0.552. The quantitative estimate of drug-likeness (QED) is 0.522. The molecule has 0 spiro atoms. The number of amides is 1. The summed E-state index contributed by atoms with van der Waals surface area (Å²) in [6, 6.07) is -0.607. The normalized spacial score (nSPS) is 25.9. The van der Waals surface area contributed by atoms with E-state index in [9.17, 15) is 14.7 Å². The zero-order valence-electron chi connectivity index (χ0n) is 14.7. The Kier molecular flexibility index (Phi) is 5.05. The number of imidazole rings is 1. The number of nitrogens with zero attached hydrogens (tertiary/aromatic N) is 3. The van der Waals surface area contributed by atoms with Gasteiger partial charge in [0, 0.05) is 13.0 Å². The molecule has 0 bridgehead atoms. The lowest BCUT2D eigenvalue weighted by atomic mass is 10.1. The summed E-state index contributed by atoms with van der Waals surface area (Å²) in [6.07, 6.45) is -0.480. The van der Waals surface area contributed by atoms with Crippen molar-refractivity contribution < 1.29 is 19.4 Å². The molecule has 4 atom stereocenters. The summed E-state index contributed by atoms with van der Waals surface area (Å²) < 4.78 is 12.6. The van der Waals surface area contributed by atoms with Crippen molar-refractivity contribution in [2.24, 2.45) is 11.7 Å². The van der Waals surface area contributed by atoms with Crippen molar-refractivity contribution in [1.29, 1.82) is 0 Å². The number of hydrogen-bond donors (Lipinski definition) is 4. The van der Waals surface area contributed by atoms with Crippen molar-refractivity contribution in [2.45, 2.75) is 38.3 Å². The van der Waals surface area contributed by atoms with Crippen LogP contribution in [0.4, 0.5) is 5.95 Å². The fourth-order valence-electron chi connectivity index (χ4n) is 2.90. The molecule has 11 nitrogen and oxygen atoms in total. The fraction of sp³-hybridized carbons (Fsp3) is 0.600. The van der Waals surface area contributed by atoms with Crippen LogP contribution in [0, 0.1) is 5.92 Å². The molecule has 2 aromatic rings. The smallest absolute Gasteiger partial charge is 0.280 e. The Hall–Kier alpha value is -2.34. The van der Waals surface area contributed by atoms with Gasteiger partial charge in [0.25, 0.3) is 5.56 Å². The first kappa shape index (κ1) is 18.5. The molecule has 11 heteroatoms. The number of nitrogens with one attached hydrogen (secondary N) is 2. The lowest BCUT2D eigenvalue weighted by Gasteiger charge is -2.19. The van der Waals surface area contributed by atoms with E-state index < -0.39 is 30.0 Å². The minimum Gasteiger partial charge on any atom is -0.394 e. The fourth-order valence-corrected chi connectivity index (χ4v) is 2.90. The first-order chi connectivity index (χ1) is 12.4. The number of rotatable bonds is 5. The van der Waals surface area contributed by atoms with Gasteiger partial charge in [0.15, 0.2) is 17.4 Å². The maximum atomic E-state index is 12.2. The van der Waals surface area contributed by atoms with E-state index >= 15 is 0 Å². The van der Waals surface area contributed by atoms with Gasteiger partial charge in [-0.05, 0) is 0 Å². The van der Waals surface area contributed by atoms with Crippen molar-refractivity contribution in [1.82, 2.24) is 19.5 Å². The number of aliphatic hydroxyl groups is 1. The second kappa shape index (κ2) is 7.11. The minimum absolute atomic E-state index is 0.0107. The summed E-state index contributed by atoms with van der Waals surface area (Å²) in [5.41, 5.74) is 5.98. The molecule has 1 aliphatic heterocycles. The van der Waals surface area contributed by atoms with Gasteiger partial charge in [0.2, 0.25) is 11.9 Å². The van der Waals surface area contributed by atoms with Crippen LogP contribution in [0.15, 0.2) is 11.1 Å². The third kappa shape index (κ3) is 3.09. The summed E-state index contributed by atoms with van der Waals surface area (Å²) in [4.78, 5) is 34.9. The van der Waals surface area contributed by atoms with Gasteiger partial charge in [0.05, 0.1) is 19.0 Å². The Bertz CT molecular complexity index is 862. The SMILES string of the molecule is COC1C(CO)OC(n2cnc3c(=O)[nH]c(NC(=O)C(C)C)nc32)C1N. The maximum absolute atomic E-state index is 12.2. The highest BCUT2D eigenvalue weighted by molar-refractivity contribution is 5.91. The number of carbonyl (C=O) groups excluding carboxylic acids is 1. The van der Waals surface area contributed by atoms with E-state index in [0.29, 0.717) is 0 Å². The molecule has 5 N–H and O–H groups in total. The molecule has 26 heavy (non-hydrogen) atoms. The molecular formula is C15H22N6O5. The number of H-pyrrole nitrogens is 1. The molecule has 4 unspecified atom stereocenters. The molecular weight excluding hydrogens is 344 g/mol. The predicted molar refractivity (Wildman–Crippen MR) is 91.4 cm³/mol. The molecule has 1 fully saturated rings. The Labute approximate surface area is 148 Å². The van der Waals surface area contributed by atoms with Gasteiger partial charge < -0.3 is 20.3 Å². The van der Waals surface area contributed by atoms with E-state index in [2.05, 4.69) is 20.3 Å². The number of methoxy groups -OCH3 is 1. The Morgan fingerprint density at radius 3 is 2.88 bits per heavy atom. The van der Waals surface area contributed by atoms with Gasteiger partial charge in [-0.1, -0.05) is 13.8 Å². The van der Waals surface area contributed by atoms with Crippen LogP contribution < -0.4 is 16.6 Å². The summed E-state index contributed by atoms with van der Waals surface area (Å²) in [7, 11) is 1.48. The molecule has 142 valence electrons. The molecule has 2 aromatic heterocycles. The lowest BCUT2D eigenvalue weighted by Crippen LogP contribution is -2.41. The number of anilines is 1. The van der Waals surface area contributed by atoms with Gasteiger partial charge in [-0.25, -0.2) is 4.98 Å². The largest absolute Gasteiger partial charge is 0.394 e. The standard InChI is InChI=1S/C15H22N6O5/c1-6(2)12(23)19-15-18-11-9(13(24)20-15)17-5-21(11)14-8(16)10(25-3)7(4-22)26-14/h5-8,10,14,22H,4,16H2,1-3H3,(H2,18,19,20,23,24). The molecule has 0 radical (unpaired) electrons. The average Bonchev–Trinajstić information content (AvgIpc) is 3.15. The van der Waals surface area contributed by atoms with Crippen LogP contribution in [-0.2, 0) is 14.3 Å². The number of aromatic amines is 1. The molecule has 1 saturated heterocycles. The van der Waals surface area contributed by atoms with Crippen LogP contribution in [0.5, 0.6) is 0 Å². The third-order valence-corrected chi connectivity index (χ3v) is 4.31. The Morgan fingerprint density at radius 1 is 1.58 bits per heavy atom. The van der Waals surface area contributed by atoms with Gasteiger partial charge in [-0.2, -0.15) is 4.98 Å². The summed E-state index contributed by atoms with van der Waals surface area (Å²) in [6.45, 7) is 3.18. The number of ether oxygens (including phenoxy) is 2. The van der Waals surface area contributed by atoms with Crippen LogP contribution >= 0.6 is 0 Å². The maximum Gasteiger partial charge on any atom is 0.280 e. The molecule has 0 aromatic carbocycles. The first-order valence-corrected chi connectivity index (χ1v) is 8.19. The van der Waals surface area contributed by atoms with Crippen molar-refractivity contribution in [3.63, 3.8) is 0 Å². The van der Waals surface area contributed by atoms with E-state index in [0.717, 1.165) is 0 Å². The zero-order valence-corrected chi connectivity index (χ0v) is 14.7. The van der Waals surface area contributed by atoms with Crippen LogP contribution in [0.1, 0.15) is 20.1 Å². The van der Waals surface area contributed by atoms with Crippen LogP contribution in [0.25, 0.3) is 11.2 Å². The minimum atomic E-state index is -0.731. The van der Waals surface area contributed by atoms with Gasteiger partial charge in [0.1, 0.15) is 12.2 Å². The van der Waals surface area contributed by atoms with Gasteiger partial charge >= 0.3 is 0 Å². The van der Waals surface area contributed by atoms with E-state index in [1.54, 1.807) is 13.8 Å². The molecule has 0 aliphatic carbocycles. The first-order valence-electron chi connectivity index (χ1n) is 8.19. The van der Waals surface area contributed by atoms with Crippen LogP contribution in [-0.4, -0.2) is 62.5 Å². The van der Waals surface area contributed by atoms with E-state index in [-0.39, 0.29) is 35.5 Å². The van der Waals surface area contributed by atoms with E-state index in [4.69, 9.17) is 15.2 Å².